The van der Waals surface area contributed by atoms with Crippen LogP contribution in [0.2, 0.25) is 0 Å². The number of fused-ring (bicyclic) bond motifs is 1. The monoisotopic (exact) mass is 409 g/mol. The third-order valence-corrected chi connectivity index (χ3v) is 5.40. The van der Waals surface area contributed by atoms with Crippen molar-refractivity contribution in [2.24, 2.45) is 0 Å². The summed E-state index contributed by atoms with van der Waals surface area (Å²) in [6, 6.07) is 9.16. The molecule has 0 spiro atoms. The normalized spacial score (nSPS) is 16.8. The van der Waals surface area contributed by atoms with Gasteiger partial charge in [-0.05, 0) is 44.2 Å². The first-order valence-corrected chi connectivity index (χ1v) is 9.92. The van der Waals surface area contributed by atoms with E-state index in [-0.39, 0.29) is 17.9 Å². The molecule has 0 bridgehead atoms. The molecule has 0 radical (unpaired) electrons. The lowest BCUT2D eigenvalue weighted by Gasteiger charge is -2.40. The number of benzene rings is 1. The molecule has 0 saturated carbocycles. The van der Waals surface area contributed by atoms with Gasteiger partial charge in [-0.15, -0.1) is 0 Å². The summed E-state index contributed by atoms with van der Waals surface area (Å²) in [7, 11) is 0. The van der Waals surface area contributed by atoms with Crippen LogP contribution in [0.5, 0.6) is 0 Å². The molecule has 3 aromatic rings. The SMILES string of the molecule is C=C(C)Cn1c(C(=O)N2CCN(C(=O)c3cccc(F)c3)[C@H](C)C2)cc2ccoc21. The van der Waals surface area contributed by atoms with Crippen LogP contribution in [-0.4, -0.2) is 51.9 Å². The molecule has 3 heterocycles. The minimum Gasteiger partial charge on any atom is -0.448 e. The number of hydrogen-bond donors (Lipinski definition) is 0. The Hall–Kier alpha value is -3.35. The van der Waals surface area contributed by atoms with Gasteiger partial charge in [-0.25, -0.2) is 4.39 Å². The van der Waals surface area contributed by atoms with Gasteiger partial charge in [0.05, 0.1) is 6.26 Å². The Bertz CT molecular complexity index is 1130. The van der Waals surface area contributed by atoms with Crippen molar-refractivity contribution in [3.8, 4) is 0 Å². The second-order valence-corrected chi connectivity index (χ2v) is 7.86. The average molecular weight is 409 g/mol. The molecular formula is C23H24FN3O3. The minimum atomic E-state index is -0.440. The Labute approximate surface area is 174 Å². The highest BCUT2D eigenvalue weighted by Crippen LogP contribution is 2.24. The number of halogens is 1. The van der Waals surface area contributed by atoms with E-state index in [4.69, 9.17) is 4.42 Å². The van der Waals surface area contributed by atoms with Crippen LogP contribution < -0.4 is 0 Å². The molecule has 2 amide bonds. The Balaban J connectivity index is 1.53. The summed E-state index contributed by atoms with van der Waals surface area (Å²) in [5.74, 6) is -0.769. The second-order valence-electron chi connectivity index (χ2n) is 7.86. The third kappa shape index (κ3) is 3.63. The van der Waals surface area contributed by atoms with Crippen LogP contribution in [0.25, 0.3) is 11.1 Å². The molecule has 1 atom stereocenters. The van der Waals surface area contributed by atoms with Gasteiger partial charge in [0, 0.05) is 43.2 Å². The van der Waals surface area contributed by atoms with Gasteiger partial charge in [0.15, 0.2) is 0 Å². The van der Waals surface area contributed by atoms with E-state index in [0.717, 1.165) is 11.0 Å². The van der Waals surface area contributed by atoms with Gasteiger partial charge in [0.2, 0.25) is 5.71 Å². The Morgan fingerprint density at radius 3 is 2.70 bits per heavy atom. The number of furan rings is 1. The maximum atomic E-state index is 13.5. The van der Waals surface area contributed by atoms with Gasteiger partial charge >= 0.3 is 0 Å². The highest BCUT2D eigenvalue weighted by atomic mass is 19.1. The number of aromatic nitrogens is 1. The average Bonchev–Trinajstić information content (AvgIpc) is 3.29. The number of carbonyl (C=O) groups is 2. The molecule has 2 aromatic heterocycles. The molecule has 0 unspecified atom stereocenters. The van der Waals surface area contributed by atoms with Crippen molar-refractivity contribution in [3.63, 3.8) is 0 Å². The van der Waals surface area contributed by atoms with E-state index >= 15 is 0 Å². The van der Waals surface area contributed by atoms with Crippen LogP contribution in [0.4, 0.5) is 4.39 Å². The van der Waals surface area contributed by atoms with E-state index in [1.807, 2.05) is 30.5 Å². The van der Waals surface area contributed by atoms with Crippen LogP contribution >= 0.6 is 0 Å². The van der Waals surface area contributed by atoms with Gasteiger partial charge in [-0.1, -0.05) is 18.2 Å². The molecule has 30 heavy (non-hydrogen) atoms. The van der Waals surface area contributed by atoms with E-state index in [0.29, 0.717) is 43.1 Å². The highest BCUT2D eigenvalue weighted by molar-refractivity contribution is 5.98. The highest BCUT2D eigenvalue weighted by Gasteiger charge is 2.32. The molecule has 0 N–H and O–H groups in total. The summed E-state index contributed by atoms with van der Waals surface area (Å²) in [4.78, 5) is 29.5. The predicted octanol–water partition coefficient (Wildman–Crippen LogP) is 3.94. The molecule has 7 heteroatoms. The number of rotatable bonds is 4. The largest absolute Gasteiger partial charge is 0.448 e. The lowest BCUT2D eigenvalue weighted by molar-refractivity contribution is 0.0409. The zero-order chi connectivity index (χ0) is 21.4. The third-order valence-electron chi connectivity index (χ3n) is 5.40. The topological polar surface area (TPSA) is 58.7 Å². The molecule has 6 nitrogen and oxygen atoms in total. The van der Waals surface area contributed by atoms with Crippen LogP contribution in [0.15, 0.2) is 59.2 Å². The fourth-order valence-corrected chi connectivity index (χ4v) is 3.97. The molecule has 0 aliphatic carbocycles. The van der Waals surface area contributed by atoms with Crippen LogP contribution in [0, 0.1) is 5.82 Å². The molecule has 1 aliphatic heterocycles. The van der Waals surface area contributed by atoms with Crippen molar-refractivity contribution >= 4 is 22.9 Å². The summed E-state index contributed by atoms with van der Waals surface area (Å²) in [6.45, 7) is 9.44. The molecule has 156 valence electrons. The molecule has 1 saturated heterocycles. The van der Waals surface area contributed by atoms with Gasteiger partial charge in [-0.2, -0.15) is 0 Å². The quantitative estimate of drug-likeness (QED) is 0.614. The van der Waals surface area contributed by atoms with Gasteiger partial charge < -0.3 is 18.8 Å². The smallest absolute Gasteiger partial charge is 0.270 e. The zero-order valence-corrected chi connectivity index (χ0v) is 17.1. The number of piperazine rings is 1. The molecule has 1 aliphatic rings. The van der Waals surface area contributed by atoms with E-state index in [1.54, 1.807) is 22.1 Å². The maximum absolute atomic E-state index is 13.5. The van der Waals surface area contributed by atoms with Crippen molar-refractivity contribution in [1.29, 1.82) is 0 Å². The number of nitrogens with zero attached hydrogens (tertiary/aromatic N) is 3. The number of allylic oxidation sites excluding steroid dienone is 1. The second kappa shape index (κ2) is 7.82. The number of hydrogen-bond acceptors (Lipinski definition) is 3. The summed E-state index contributed by atoms with van der Waals surface area (Å²) in [5, 5.41) is 0.868. The van der Waals surface area contributed by atoms with Crippen molar-refractivity contribution in [2.45, 2.75) is 26.4 Å². The summed E-state index contributed by atoms with van der Waals surface area (Å²) >= 11 is 0. The standard InChI is InChI=1S/C23H24FN3O3/c1-15(2)13-27-20(12-18-7-10-30-23(18)27)22(29)25-8-9-26(16(3)14-25)21(28)17-5-4-6-19(24)11-17/h4-7,10-12,16H,1,8-9,13-14H2,2-3H3/t16-/m1/s1. The fourth-order valence-electron chi connectivity index (χ4n) is 3.97. The van der Waals surface area contributed by atoms with Crippen LogP contribution in [0.3, 0.4) is 0 Å². The molecule has 1 fully saturated rings. The summed E-state index contributed by atoms with van der Waals surface area (Å²) in [5.41, 5.74) is 2.42. The lowest BCUT2D eigenvalue weighted by atomic mass is 10.1. The lowest BCUT2D eigenvalue weighted by Crippen LogP contribution is -2.55. The number of carbonyl (C=O) groups excluding carboxylic acids is 2. The van der Waals surface area contributed by atoms with Crippen molar-refractivity contribution in [2.75, 3.05) is 19.6 Å². The van der Waals surface area contributed by atoms with Crippen LogP contribution in [0.1, 0.15) is 34.7 Å². The predicted molar refractivity (Wildman–Crippen MR) is 112 cm³/mol. The summed E-state index contributed by atoms with van der Waals surface area (Å²) in [6.07, 6.45) is 1.60. The van der Waals surface area contributed by atoms with Crippen molar-refractivity contribution in [1.82, 2.24) is 14.4 Å². The molecule has 1 aromatic carbocycles. The first-order chi connectivity index (χ1) is 14.3. The number of amides is 2. The van der Waals surface area contributed by atoms with Crippen molar-refractivity contribution < 1.29 is 18.4 Å². The van der Waals surface area contributed by atoms with E-state index in [1.165, 1.54) is 18.2 Å². The van der Waals surface area contributed by atoms with E-state index in [2.05, 4.69) is 6.58 Å². The van der Waals surface area contributed by atoms with Gasteiger partial charge in [-0.3, -0.25) is 9.59 Å². The van der Waals surface area contributed by atoms with Crippen molar-refractivity contribution in [3.05, 3.63) is 71.9 Å². The van der Waals surface area contributed by atoms with Gasteiger partial charge in [0.25, 0.3) is 11.8 Å². The zero-order valence-electron chi connectivity index (χ0n) is 17.1. The summed E-state index contributed by atoms with van der Waals surface area (Å²) < 4.78 is 20.9. The first-order valence-electron chi connectivity index (χ1n) is 9.92. The Morgan fingerprint density at radius 2 is 2.00 bits per heavy atom. The van der Waals surface area contributed by atoms with E-state index in [9.17, 15) is 14.0 Å². The Morgan fingerprint density at radius 1 is 1.20 bits per heavy atom. The molecule has 4 rings (SSSR count). The maximum Gasteiger partial charge on any atom is 0.270 e. The first kappa shape index (κ1) is 19.9. The van der Waals surface area contributed by atoms with Gasteiger partial charge in [0.1, 0.15) is 11.5 Å². The van der Waals surface area contributed by atoms with Crippen LogP contribution in [-0.2, 0) is 6.54 Å². The minimum absolute atomic E-state index is 0.104. The van der Waals surface area contributed by atoms with E-state index < -0.39 is 5.82 Å². The molecular weight excluding hydrogens is 385 g/mol. The fraction of sp³-hybridized carbons (Fsp3) is 0.304. The Kier molecular flexibility index (Phi) is 5.20.